The maximum atomic E-state index is 13.3. The Bertz CT molecular complexity index is 977. The van der Waals surface area contributed by atoms with E-state index in [0.29, 0.717) is 11.6 Å². The molecule has 1 aliphatic heterocycles. The van der Waals surface area contributed by atoms with Gasteiger partial charge < -0.3 is 9.47 Å². The Hall–Kier alpha value is -2.76. The van der Waals surface area contributed by atoms with Crippen molar-refractivity contribution in [3.63, 3.8) is 0 Å². The summed E-state index contributed by atoms with van der Waals surface area (Å²) in [4.78, 5) is 29.0. The smallest absolute Gasteiger partial charge is 0.256 e. The van der Waals surface area contributed by atoms with Crippen molar-refractivity contribution in [3.05, 3.63) is 54.2 Å². The van der Waals surface area contributed by atoms with Crippen LogP contribution in [0.3, 0.4) is 0 Å². The Morgan fingerprint density at radius 1 is 1.00 bits per heavy atom. The Labute approximate surface area is 164 Å². The molecule has 1 atom stereocenters. The highest BCUT2D eigenvalue weighted by Gasteiger charge is 2.30. The molecule has 4 heterocycles. The number of hydrogen-bond acceptors (Lipinski definition) is 4. The summed E-state index contributed by atoms with van der Waals surface area (Å²) in [7, 11) is 0. The Balaban J connectivity index is 1.44. The van der Waals surface area contributed by atoms with Crippen LogP contribution in [0.2, 0.25) is 0 Å². The third-order valence-corrected chi connectivity index (χ3v) is 6.17. The van der Waals surface area contributed by atoms with Crippen LogP contribution in [0.1, 0.15) is 73.1 Å². The van der Waals surface area contributed by atoms with E-state index in [1.54, 1.807) is 12.4 Å². The molecule has 144 valence electrons. The number of fused-ring (bicyclic) bond motifs is 1. The predicted octanol–water partition coefficient (Wildman–Crippen LogP) is 4.31. The third-order valence-electron chi connectivity index (χ3n) is 6.17. The summed E-state index contributed by atoms with van der Waals surface area (Å²) in [5, 5.41) is 0. The predicted molar refractivity (Wildman–Crippen MR) is 107 cm³/mol. The molecule has 1 saturated carbocycles. The normalized spacial score (nSPS) is 20.7. The lowest BCUT2D eigenvalue weighted by Crippen LogP contribution is -2.38. The fourth-order valence-electron chi connectivity index (χ4n) is 4.71. The van der Waals surface area contributed by atoms with E-state index in [1.165, 1.54) is 25.7 Å². The highest BCUT2D eigenvalue weighted by molar-refractivity contribution is 5.96. The van der Waals surface area contributed by atoms with Crippen LogP contribution in [0.4, 0.5) is 0 Å². The second-order valence-electron chi connectivity index (χ2n) is 7.92. The molecule has 2 aliphatic rings. The summed E-state index contributed by atoms with van der Waals surface area (Å²) >= 11 is 0. The number of piperidine rings is 1. The molecule has 28 heavy (non-hydrogen) atoms. The lowest BCUT2D eigenvalue weighted by molar-refractivity contribution is 0.0606. The van der Waals surface area contributed by atoms with Gasteiger partial charge in [0.25, 0.3) is 5.91 Å². The van der Waals surface area contributed by atoms with Gasteiger partial charge in [-0.05, 0) is 50.3 Å². The zero-order valence-electron chi connectivity index (χ0n) is 16.0. The van der Waals surface area contributed by atoms with Crippen LogP contribution in [0.5, 0.6) is 0 Å². The van der Waals surface area contributed by atoms with Crippen molar-refractivity contribution < 1.29 is 4.79 Å². The van der Waals surface area contributed by atoms with Crippen molar-refractivity contribution in [2.45, 2.75) is 57.0 Å². The zero-order valence-corrected chi connectivity index (χ0v) is 16.0. The van der Waals surface area contributed by atoms with Crippen molar-refractivity contribution in [1.29, 1.82) is 0 Å². The first-order valence-electron chi connectivity index (χ1n) is 10.4. The SMILES string of the molecule is O=C(c1cnc2c(c1)ncn2C1CCCC1)N1CCCCC1c1ccccn1. The number of rotatable bonds is 3. The van der Waals surface area contributed by atoms with E-state index >= 15 is 0 Å². The van der Waals surface area contributed by atoms with Crippen molar-refractivity contribution in [3.8, 4) is 0 Å². The van der Waals surface area contributed by atoms with Crippen LogP contribution in [-0.2, 0) is 0 Å². The lowest BCUT2D eigenvalue weighted by atomic mass is 9.98. The highest BCUT2D eigenvalue weighted by atomic mass is 16.2. The van der Waals surface area contributed by atoms with Crippen LogP contribution >= 0.6 is 0 Å². The molecular weight excluding hydrogens is 350 g/mol. The first kappa shape index (κ1) is 17.3. The van der Waals surface area contributed by atoms with Crippen LogP contribution in [-0.4, -0.2) is 36.9 Å². The fourth-order valence-corrected chi connectivity index (χ4v) is 4.71. The van der Waals surface area contributed by atoms with Crippen molar-refractivity contribution >= 4 is 17.1 Å². The topological polar surface area (TPSA) is 63.9 Å². The van der Waals surface area contributed by atoms with Crippen molar-refractivity contribution in [1.82, 2.24) is 24.4 Å². The molecule has 0 aromatic carbocycles. The summed E-state index contributed by atoms with van der Waals surface area (Å²) in [6.07, 6.45) is 13.4. The number of aromatic nitrogens is 4. The molecule has 5 rings (SSSR count). The summed E-state index contributed by atoms with van der Waals surface area (Å²) in [5.74, 6) is 0.0279. The van der Waals surface area contributed by atoms with Gasteiger partial charge in [-0.3, -0.25) is 9.78 Å². The number of carbonyl (C=O) groups is 1. The second kappa shape index (κ2) is 7.34. The standard InChI is InChI=1S/C22H25N5O/c28-22(26-12-6-4-10-20(26)18-9-3-5-11-23-18)16-13-19-21(24-14-16)27(15-25-19)17-7-1-2-8-17/h3,5,9,11,13-15,17,20H,1-2,4,6-8,10,12H2. The van der Waals surface area contributed by atoms with E-state index in [0.717, 1.165) is 42.7 Å². The molecule has 3 aromatic heterocycles. The van der Waals surface area contributed by atoms with E-state index in [-0.39, 0.29) is 11.9 Å². The molecule has 6 heteroatoms. The molecule has 3 aromatic rings. The molecule has 0 bridgehead atoms. The van der Waals surface area contributed by atoms with Crippen molar-refractivity contribution in [2.75, 3.05) is 6.54 Å². The maximum absolute atomic E-state index is 13.3. The summed E-state index contributed by atoms with van der Waals surface area (Å²) in [6, 6.07) is 8.35. The number of nitrogens with zero attached hydrogens (tertiary/aromatic N) is 5. The van der Waals surface area contributed by atoms with Crippen molar-refractivity contribution in [2.24, 2.45) is 0 Å². The Kier molecular flexibility index (Phi) is 4.55. The maximum Gasteiger partial charge on any atom is 0.256 e. The molecule has 6 nitrogen and oxygen atoms in total. The monoisotopic (exact) mass is 375 g/mol. The summed E-state index contributed by atoms with van der Waals surface area (Å²) in [6.45, 7) is 0.759. The van der Waals surface area contributed by atoms with E-state index in [2.05, 4.69) is 19.5 Å². The average molecular weight is 375 g/mol. The molecule has 0 radical (unpaired) electrons. The number of amides is 1. The third kappa shape index (κ3) is 3.07. The molecule has 2 fully saturated rings. The Morgan fingerprint density at radius 2 is 1.86 bits per heavy atom. The minimum atomic E-state index is 0.0279. The molecule has 1 saturated heterocycles. The van der Waals surface area contributed by atoms with Gasteiger partial charge in [0.15, 0.2) is 5.65 Å². The molecule has 0 N–H and O–H groups in total. The van der Waals surface area contributed by atoms with Gasteiger partial charge in [0, 0.05) is 25.0 Å². The lowest BCUT2D eigenvalue weighted by Gasteiger charge is -2.35. The average Bonchev–Trinajstić information content (AvgIpc) is 3.43. The molecule has 0 spiro atoms. The first-order valence-corrected chi connectivity index (χ1v) is 10.4. The first-order chi connectivity index (χ1) is 13.8. The Morgan fingerprint density at radius 3 is 2.68 bits per heavy atom. The number of carbonyl (C=O) groups excluding carboxylic acids is 1. The van der Waals surface area contributed by atoms with E-state index in [4.69, 9.17) is 0 Å². The van der Waals surface area contributed by atoms with E-state index in [9.17, 15) is 4.79 Å². The summed E-state index contributed by atoms with van der Waals surface area (Å²) < 4.78 is 2.19. The van der Waals surface area contributed by atoms with E-state index < -0.39 is 0 Å². The van der Waals surface area contributed by atoms with Gasteiger partial charge in [-0.25, -0.2) is 9.97 Å². The van der Waals surface area contributed by atoms with Gasteiger partial charge in [-0.2, -0.15) is 0 Å². The number of pyridine rings is 2. The minimum absolute atomic E-state index is 0.0279. The largest absolute Gasteiger partial charge is 0.330 e. The van der Waals surface area contributed by atoms with Crippen LogP contribution in [0, 0.1) is 0 Å². The van der Waals surface area contributed by atoms with Gasteiger partial charge in [-0.1, -0.05) is 18.9 Å². The quantitative estimate of drug-likeness (QED) is 0.684. The molecular formula is C22H25N5O. The van der Waals surface area contributed by atoms with Gasteiger partial charge in [0.2, 0.25) is 0 Å². The van der Waals surface area contributed by atoms with Gasteiger partial charge in [0.05, 0.1) is 23.6 Å². The number of hydrogen-bond donors (Lipinski definition) is 0. The van der Waals surface area contributed by atoms with Crippen LogP contribution < -0.4 is 0 Å². The minimum Gasteiger partial charge on any atom is -0.330 e. The summed E-state index contributed by atoms with van der Waals surface area (Å²) in [5.41, 5.74) is 3.29. The fraction of sp³-hybridized carbons (Fsp3) is 0.455. The second-order valence-corrected chi connectivity index (χ2v) is 7.92. The molecule has 1 aliphatic carbocycles. The zero-order chi connectivity index (χ0) is 18.9. The number of likely N-dealkylation sites (tertiary alicyclic amines) is 1. The van der Waals surface area contributed by atoms with E-state index in [1.807, 2.05) is 35.5 Å². The van der Waals surface area contributed by atoms with Gasteiger partial charge >= 0.3 is 0 Å². The van der Waals surface area contributed by atoms with Crippen LogP contribution in [0.15, 0.2) is 43.0 Å². The van der Waals surface area contributed by atoms with Crippen LogP contribution in [0.25, 0.3) is 11.2 Å². The molecule has 1 amide bonds. The number of imidazole rings is 1. The highest BCUT2D eigenvalue weighted by Crippen LogP contribution is 2.33. The van der Waals surface area contributed by atoms with Gasteiger partial charge in [0.1, 0.15) is 5.52 Å². The van der Waals surface area contributed by atoms with Gasteiger partial charge in [-0.15, -0.1) is 0 Å². The molecule has 1 unspecified atom stereocenters.